The van der Waals surface area contributed by atoms with E-state index >= 15 is 0 Å². The molecular weight excluding hydrogens is 140 g/mol. The lowest BCUT2D eigenvalue weighted by Gasteiger charge is -2.09. The summed E-state index contributed by atoms with van der Waals surface area (Å²) in [6, 6.07) is 0. The lowest BCUT2D eigenvalue weighted by molar-refractivity contribution is -0.136. The van der Waals surface area contributed by atoms with Gasteiger partial charge in [-0.2, -0.15) is 0 Å². The van der Waals surface area contributed by atoms with E-state index in [0.717, 1.165) is 12.8 Å². The third kappa shape index (κ3) is 1.82. The van der Waals surface area contributed by atoms with Crippen LogP contribution in [0.4, 0.5) is 0 Å². The van der Waals surface area contributed by atoms with Crippen LogP contribution in [0.1, 0.15) is 25.7 Å². The first-order chi connectivity index (χ1) is 5.25. The Kier molecular flexibility index (Phi) is 2.69. The molecule has 1 saturated carbocycles. The molecule has 0 aromatic heterocycles. The summed E-state index contributed by atoms with van der Waals surface area (Å²) in [7, 11) is 1.41. The molecule has 2 nitrogen and oxygen atoms in total. The van der Waals surface area contributed by atoms with Crippen molar-refractivity contribution in [1.82, 2.24) is 0 Å². The minimum Gasteiger partial charge on any atom is -0.466 e. The highest BCUT2D eigenvalue weighted by Gasteiger charge is 2.22. The second-order valence-electron chi connectivity index (χ2n) is 3.00. The van der Waals surface area contributed by atoms with Gasteiger partial charge in [0, 0.05) is 5.57 Å². The number of hydrogen-bond acceptors (Lipinski definition) is 2. The van der Waals surface area contributed by atoms with E-state index in [2.05, 4.69) is 11.3 Å². The molecule has 0 saturated heterocycles. The number of esters is 1. The summed E-state index contributed by atoms with van der Waals surface area (Å²) in [5.41, 5.74) is 0.657. The number of rotatable bonds is 2. The summed E-state index contributed by atoms with van der Waals surface area (Å²) in [6.07, 6.45) is 4.66. The van der Waals surface area contributed by atoms with Crippen molar-refractivity contribution in [3.8, 4) is 0 Å². The Morgan fingerprint density at radius 3 is 2.45 bits per heavy atom. The van der Waals surface area contributed by atoms with E-state index in [1.807, 2.05) is 0 Å². The van der Waals surface area contributed by atoms with Gasteiger partial charge in [-0.25, -0.2) is 4.79 Å². The molecule has 0 radical (unpaired) electrons. The standard InChI is InChI=1S/C9H14O2/c1-7(9(10)11-2)8-5-3-4-6-8/h8H,1,3-6H2,2H3. The van der Waals surface area contributed by atoms with E-state index in [9.17, 15) is 4.79 Å². The largest absolute Gasteiger partial charge is 0.466 e. The average Bonchev–Trinajstić information content (AvgIpc) is 2.53. The minimum atomic E-state index is -0.239. The highest BCUT2D eigenvalue weighted by atomic mass is 16.5. The molecule has 0 aromatic rings. The first-order valence-corrected chi connectivity index (χ1v) is 4.03. The normalized spacial score (nSPS) is 18.3. The fraction of sp³-hybridized carbons (Fsp3) is 0.667. The highest BCUT2D eigenvalue weighted by Crippen LogP contribution is 2.30. The van der Waals surface area contributed by atoms with Gasteiger partial charge in [-0.05, 0) is 18.8 Å². The van der Waals surface area contributed by atoms with Crippen molar-refractivity contribution in [2.45, 2.75) is 25.7 Å². The summed E-state index contributed by atoms with van der Waals surface area (Å²) in [5, 5.41) is 0. The third-order valence-corrected chi connectivity index (χ3v) is 2.30. The maximum Gasteiger partial charge on any atom is 0.333 e. The summed E-state index contributed by atoms with van der Waals surface area (Å²) >= 11 is 0. The SMILES string of the molecule is C=C(C(=O)OC)C1CCCC1. The number of ether oxygens (including phenoxy) is 1. The van der Waals surface area contributed by atoms with Gasteiger partial charge < -0.3 is 4.74 Å². The maximum absolute atomic E-state index is 11.0. The van der Waals surface area contributed by atoms with Crippen molar-refractivity contribution < 1.29 is 9.53 Å². The van der Waals surface area contributed by atoms with E-state index in [0.29, 0.717) is 11.5 Å². The van der Waals surface area contributed by atoms with Crippen LogP contribution in [-0.4, -0.2) is 13.1 Å². The molecule has 62 valence electrons. The monoisotopic (exact) mass is 154 g/mol. The van der Waals surface area contributed by atoms with Crippen molar-refractivity contribution in [2.75, 3.05) is 7.11 Å². The van der Waals surface area contributed by atoms with Crippen LogP contribution in [0.2, 0.25) is 0 Å². The smallest absolute Gasteiger partial charge is 0.333 e. The molecule has 1 aliphatic carbocycles. The Morgan fingerprint density at radius 2 is 2.00 bits per heavy atom. The minimum absolute atomic E-state index is 0.239. The molecule has 1 aliphatic rings. The van der Waals surface area contributed by atoms with Crippen molar-refractivity contribution in [1.29, 1.82) is 0 Å². The molecule has 0 heterocycles. The van der Waals surface area contributed by atoms with Crippen LogP contribution in [0.15, 0.2) is 12.2 Å². The molecule has 2 heteroatoms. The van der Waals surface area contributed by atoms with Crippen molar-refractivity contribution >= 4 is 5.97 Å². The van der Waals surface area contributed by atoms with Crippen LogP contribution >= 0.6 is 0 Å². The van der Waals surface area contributed by atoms with E-state index in [-0.39, 0.29) is 5.97 Å². The van der Waals surface area contributed by atoms with Gasteiger partial charge in [0.05, 0.1) is 7.11 Å². The lowest BCUT2D eigenvalue weighted by Crippen LogP contribution is -2.10. The average molecular weight is 154 g/mol. The molecule has 11 heavy (non-hydrogen) atoms. The zero-order chi connectivity index (χ0) is 8.27. The van der Waals surface area contributed by atoms with Crippen molar-refractivity contribution in [2.24, 2.45) is 5.92 Å². The second-order valence-corrected chi connectivity index (χ2v) is 3.00. The van der Waals surface area contributed by atoms with Crippen molar-refractivity contribution in [3.63, 3.8) is 0 Å². The molecule has 0 atom stereocenters. The molecule has 0 unspecified atom stereocenters. The van der Waals surface area contributed by atoms with Crippen molar-refractivity contribution in [3.05, 3.63) is 12.2 Å². The van der Waals surface area contributed by atoms with Crippen LogP contribution < -0.4 is 0 Å². The van der Waals surface area contributed by atoms with Gasteiger partial charge in [0.2, 0.25) is 0 Å². The van der Waals surface area contributed by atoms with Gasteiger partial charge in [-0.3, -0.25) is 0 Å². The first kappa shape index (κ1) is 8.31. The maximum atomic E-state index is 11.0. The van der Waals surface area contributed by atoms with E-state index in [1.54, 1.807) is 0 Å². The van der Waals surface area contributed by atoms with Crippen LogP contribution in [-0.2, 0) is 9.53 Å². The Morgan fingerprint density at radius 1 is 1.45 bits per heavy atom. The van der Waals surface area contributed by atoms with Crippen LogP contribution in [0, 0.1) is 5.92 Å². The zero-order valence-corrected chi connectivity index (χ0v) is 6.93. The first-order valence-electron chi connectivity index (χ1n) is 4.03. The van der Waals surface area contributed by atoms with E-state index in [1.165, 1.54) is 20.0 Å². The van der Waals surface area contributed by atoms with Gasteiger partial charge in [-0.15, -0.1) is 0 Å². The van der Waals surface area contributed by atoms with Gasteiger partial charge in [0.1, 0.15) is 0 Å². The van der Waals surface area contributed by atoms with E-state index in [4.69, 9.17) is 0 Å². The summed E-state index contributed by atoms with van der Waals surface area (Å²) in [6.45, 7) is 3.73. The Balaban J connectivity index is 2.46. The van der Waals surface area contributed by atoms with Gasteiger partial charge in [0.25, 0.3) is 0 Å². The number of carbonyl (C=O) groups is 1. The Hall–Kier alpha value is -0.790. The van der Waals surface area contributed by atoms with E-state index < -0.39 is 0 Å². The number of hydrogen-bond donors (Lipinski definition) is 0. The highest BCUT2D eigenvalue weighted by molar-refractivity contribution is 5.88. The van der Waals surface area contributed by atoms with Crippen LogP contribution in [0.25, 0.3) is 0 Å². The number of carbonyl (C=O) groups excluding carboxylic acids is 1. The topological polar surface area (TPSA) is 26.3 Å². The Labute approximate surface area is 67.2 Å². The number of methoxy groups -OCH3 is 1. The zero-order valence-electron chi connectivity index (χ0n) is 6.93. The van der Waals surface area contributed by atoms with Crippen LogP contribution in [0.5, 0.6) is 0 Å². The van der Waals surface area contributed by atoms with Gasteiger partial charge in [-0.1, -0.05) is 19.4 Å². The molecule has 1 fully saturated rings. The molecule has 0 aliphatic heterocycles. The fourth-order valence-electron chi connectivity index (χ4n) is 1.57. The Bertz CT molecular complexity index is 166. The van der Waals surface area contributed by atoms with Crippen LogP contribution in [0.3, 0.4) is 0 Å². The molecule has 0 amide bonds. The predicted octanol–water partition coefficient (Wildman–Crippen LogP) is 1.91. The lowest BCUT2D eigenvalue weighted by atomic mass is 9.99. The summed E-state index contributed by atoms with van der Waals surface area (Å²) in [5.74, 6) is 0.152. The third-order valence-electron chi connectivity index (χ3n) is 2.30. The van der Waals surface area contributed by atoms with Gasteiger partial charge >= 0.3 is 5.97 Å². The molecule has 0 aromatic carbocycles. The molecule has 0 bridgehead atoms. The van der Waals surface area contributed by atoms with Gasteiger partial charge in [0.15, 0.2) is 0 Å². The summed E-state index contributed by atoms with van der Waals surface area (Å²) in [4.78, 5) is 11.0. The fourth-order valence-corrected chi connectivity index (χ4v) is 1.57. The second kappa shape index (κ2) is 3.56. The molecule has 0 N–H and O–H groups in total. The molecular formula is C9H14O2. The molecule has 0 spiro atoms. The predicted molar refractivity (Wildman–Crippen MR) is 43.1 cm³/mol. The summed E-state index contributed by atoms with van der Waals surface area (Å²) < 4.78 is 4.59. The molecule has 1 rings (SSSR count). The quantitative estimate of drug-likeness (QED) is 0.448.